The lowest BCUT2D eigenvalue weighted by atomic mass is 10.1. The Morgan fingerprint density at radius 2 is 1.69 bits per heavy atom. The average Bonchev–Trinajstić information content (AvgIpc) is 2.56. The molecule has 2 aromatic carbocycles. The van der Waals surface area contributed by atoms with Crippen molar-refractivity contribution in [2.24, 2.45) is 0 Å². The van der Waals surface area contributed by atoms with Gasteiger partial charge in [0.05, 0.1) is 20.6 Å². The van der Waals surface area contributed by atoms with Crippen LogP contribution in [0, 0.1) is 0 Å². The summed E-state index contributed by atoms with van der Waals surface area (Å²) < 4.78 is 40.3. The van der Waals surface area contributed by atoms with E-state index in [1.165, 1.54) is 34.7 Å². The Kier molecular flexibility index (Phi) is 6.82. The maximum atomic E-state index is 12.2. The van der Waals surface area contributed by atoms with Crippen LogP contribution < -0.4 is 20.3 Å². The second-order valence-electron chi connectivity index (χ2n) is 5.95. The van der Waals surface area contributed by atoms with Crippen molar-refractivity contribution in [3.05, 3.63) is 60.2 Å². The highest BCUT2D eigenvalue weighted by molar-refractivity contribution is 7.80. The third kappa shape index (κ3) is 6.53. The molecule has 140 valence electrons. The van der Waals surface area contributed by atoms with E-state index in [9.17, 15) is 13.2 Å². The first-order valence-corrected chi connectivity index (χ1v) is 8.41. The van der Waals surface area contributed by atoms with E-state index in [0.29, 0.717) is 17.3 Å². The van der Waals surface area contributed by atoms with Gasteiger partial charge in [-0.3, -0.25) is 0 Å². The van der Waals surface area contributed by atoms with E-state index in [0.717, 1.165) is 0 Å². The molecule has 0 fully saturated rings. The third-order valence-electron chi connectivity index (χ3n) is 3.71. The molecule has 0 amide bonds. The molecule has 0 bridgehead atoms. The Morgan fingerprint density at radius 3 is 2.23 bits per heavy atom. The molecule has 3 N–H and O–H groups in total. The van der Waals surface area contributed by atoms with Crippen molar-refractivity contribution < 1.29 is 22.8 Å². The standard InChI is InChI=1S/C18H20F3N3OS/c1-24(2)16(13-6-4-3-5-7-13)12-22-17(26)23-14-8-10-15(11-9-14)25-18(19,20)21/h3-11,16H,12H2,1-2H3,(H2,22,23,26)/p+1/t16-/m1/s1. The minimum atomic E-state index is -4.70. The molecule has 1 atom stereocenters. The Labute approximate surface area is 156 Å². The SMILES string of the molecule is C[NH+](C)[C@H](CNC(=S)Nc1ccc(OC(F)(F)F)cc1)c1ccccc1. The zero-order valence-corrected chi connectivity index (χ0v) is 15.2. The maximum absolute atomic E-state index is 12.2. The number of rotatable bonds is 6. The van der Waals surface area contributed by atoms with Gasteiger partial charge in [-0.15, -0.1) is 13.2 Å². The lowest BCUT2D eigenvalue weighted by molar-refractivity contribution is -0.890. The quantitative estimate of drug-likeness (QED) is 0.670. The zero-order valence-electron chi connectivity index (χ0n) is 14.4. The van der Waals surface area contributed by atoms with Crippen LogP contribution in [0.1, 0.15) is 11.6 Å². The fraction of sp³-hybridized carbons (Fsp3) is 0.278. The summed E-state index contributed by atoms with van der Waals surface area (Å²) in [4.78, 5) is 1.25. The second-order valence-corrected chi connectivity index (χ2v) is 6.36. The van der Waals surface area contributed by atoms with Crippen molar-refractivity contribution in [3.63, 3.8) is 0 Å². The second kappa shape index (κ2) is 8.86. The molecule has 0 aliphatic heterocycles. The summed E-state index contributed by atoms with van der Waals surface area (Å²) >= 11 is 5.27. The summed E-state index contributed by atoms with van der Waals surface area (Å²) in [5.74, 6) is -0.276. The van der Waals surface area contributed by atoms with Gasteiger partial charge in [-0.05, 0) is 36.5 Å². The van der Waals surface area contributed by atoms with E-state index in [2.05, 4.69) is 41.6 Å². The van der Waals surface area contributed by atoms with Crippen molar-refractivity contribution >= 4 is 23.0 Å². The van der Waals surface area contributed by atoms with E-state index in [1.807, 2.05) is 18.2 Å². The first-order chi connectivity index (χ1) is 12.2. The van der Waals surface area contributed by atoms with Gasteiger partial charge in [0.15, 0.2) is 5.11 Å². The van der Waals surface area contributed by atoms with E-state index in [1.54, 1.807) is 0 Å². The molecular formula is C18H21F3N3OS+. The molecule has 0 saturated heterocycles. The number of hydrogen-bond donors (Lipinski definition) is 3. The number of alkyl halides is 3. The molecule has 0 aromatic heterocycles. The number of ether oxygens (including phenoxy) is 1. The number of quaternary nitrogens is 1. The van der Waals surface area contributed by atoms with E-state index < -0.39 is 6.36 Å². The molecule has 4 nitrogen and oxygen atoms in total. The summed E-state index contributed by atoms with van der Waals surface area (Å²) in [6, 6.07) is 15.7. The summed E-state index contributed by atoms with van der Waals surface area (Å²) in [6.45, 7) is 0.619. The number of nitrogens with one attached hydrogen (secondary N) is 3. The summed E-state index contributed by atoms with van der Waals surface area (Å²) in [6.07, 6.45) is -4.70. The molecule has 26 heavy (non-hydrogen) atoms. The molecule has 0 aliphatic carbocycles. The van der Waals surface area contributed by atoms with Crippen molar-refractivity contribution in [2.75, 3.05) is 26.0 Å². The molecule has 2 aromatic rings. The first-order valence-electron chi connectivity index (χ1n) is 8.00. The van der Waals surface area contributed by atoms with Crippen LogP contribution in [0.3, 0.4) is 0 Å². The van der Waals surface area contributed by atoms with Crippen LogP contribution in [-0.4, -0.2) is 32.1 Å². The smallest absolute Gasteiger partial charge is 0.406 e. The summed E-state index contributed by atoms with van der Waals surface area (Å²) in [7, 11) is 4.13. The monoisotopic (exact) mass is 384 g/mol. The molecular weight excluding hydrogens is 363 g/mol. The molecule has 0 unspecified atom stereocenters. The third-order valence-corrected chi connectivity index (χ3v) is 3.96. The minimum Gasteiger partial charge on any atom is -0.406 e. The fourth-order valence-corrected chi connectivity index (χ4v) is 2.65. The Hall–Kier alpha value is -2.32. The van der Waals surface area contributed by atoms with Crippen LogP contribution in [0.2, 0.25) is 0 Å². The van der Waals surface area contributed by atoms with Crippen LogP contribution in [0.5, 0.6) is 5.75 Å². The van der Waals surface area contributed by atoms with Gasteiger partial charge in [0.2, 0.25) is 0 Å². The largest absolute Gasteiger partial charge is 0.573 e. The van der Waals surface area contributed by atoms with Crippen LogP contribution in [0.15, 0.2) is 54.6 Å². The molecule has 8 heteroatoms. The van der Waals surface area contributed by atoms with Gasteiger partial charge in [-0.25, -0.2) is 0 Å². The van der Waals surface area contributed by atoms with Crippen LogP contribution in [-0.2, 0) is 0 Å². The average molecular weight is 384 g/mol. The number of anilines is 1. The number of halogens is 3. The molecule has 2 rings (SSSR count). The van der Waals surface area contributed by atoms with Crippen molar-refractivity contribution in [1.29, 1.82) is 0 Å². The van der Waals surface area contributed by atoms with Crippen molar-refractivity contribution in [3.8, 4) is 5.75 Å². The number of thiocarbonyl (C=S) groups is 1. The van der Waals surface area contributed by atoms with Gasteiger partial charge >= 0.3 is 6.36 Å². The summed E-state index contributed by atoms with van der Waals surface area (Å²) in [5.41, 5.74) is 1.77. The van der Waals surface area contributed by atoms with Gasteiger partial charge in [0.25, 0.3) is 0 Å². The van der Waals surface area contributed by atoms with Crippen LogP contribution in [0.4, 0.5) is 18.9 Å². The molecule has 0 saturated carbocycles. The minimum absolute atomic E-state index is 0.207. The van der Waals surface area contributed by atoms with E-state index in [-0.39, 0.29) is 11.8 Å². The van der Waals surface area contributed by atoms with E-state index >= 15 is 0 Å². The number of likely N-dealkylation sites (N-methyl/N-ethyl adjacent to an activating group) is 1. The number of hydrogen-bond acceptors (Lipinski definition) is 2. The number of benzene rings is 2. The Balaban J connectivity index is 1.89. The van der Waals surface area contributed by atoms with Gasteiger partial charge in [0.1, 0.15) is 11.8 Å². The molecule has 0 radical (unpaired) electrons. The molecule has 0 spiro atoms. The highest BCUT2D eigenvalue weighted by Crippen LogP contribution is 2.23. The lowest BCUT2D eigenvalue weighted by Crippen LogP contribution is -3.07. The van der Waals surface area contributed by atoms with Gasteiger partial charge in [-0.1, -0.05) is 30.3 Å². The molecule has 0 aliphatic rings. The van der Waals surface area contributed by atoms with Gasteiger partial charge in [-0.2, -0.15) is 0 Å². The lowest BCUT2D eigenvalue weighted by Gasteiger charge is -2.23. The topological polar surface area (TPSA) is 37.7 Å². The van der Waals surface area contributed by atoms with Gasteiger partial charge < -0.3 is 20.3 Å². The first kappa shape index (κ1) is 20.0. The highest BCUT2D eigenvalue weighted by atomic mass is 32.1. The normalized spacial score (nSPS) is 12.5. The molecule has 0 heterocycles. The maximum Gasteiger partial charge on any atom is 0.573 e. The fourth-order valence-electron chi connectivity index (χ4n) is 2.45. The Morgan fingerprint density at radius 1 is 1.08 bits per heavy atom. The predicted octanol–water partition coefficient (Wildman–Crippen LogP) is 2.76. The van der Waals surface area contributed by atoms with Crippen LogP contribution in [0.25, 0.3) is 0 Å². The Bertz CT molecular complexity index is 706. The van der Waals surface area contributed by atoms with Gasteiger partial charge in [0, 0.05) is 11.3 Å². The van der Waals surface area contributed by atoms with Crippen LogP contribution >= 0.6 is 12.2 Å². The van der Waals surface area contributed by atoms with Crippen molar-refractivity contribution in [1.82, 2.24) is 5.32 Å². The highest BCUT2D eigenvalue weighted by Gasteiger charge is 2.30. The zero-order chi connectivity index (χ0) is 19.2. The predicted molar refractivity (Wildman–Crippen MR) is 99.3 cm³/mol. The summed E-state index contributed by atoms with van der Waals surface area (Å²) in [5, 5.41) is 6.50. The van der Waals surface area contributed by atoms with Crippen molar-refractivity contribution in [2.45, 2.75) is 12.4 Å². The van der Waals surface area contributed by atoms with E-state index in [4.69, 9.17) is 12.2 Å².